The van der Waals surface area contributed by atoms with Gasteiger partial charge in [-0.3, -0.25) is 19.1 Å². The Morgan fingerprint density at radius 1 is 1.36 bits per heavy atom. The number of H-pyrrole nitrogens is 1. The van der Waals surface area contributed by atoms with Gasteiger partial charge in [0.15, 0.2) is 0 Å². The number of amides is 1. The molecule has 4 heterocycles. The first kappa shape index (κ1) is 17.3. The summed E-state index contributed by atoms with van der Waals surface area (Å²) in [6.45, 7) is 1.39. The standard InChI is InChI=1S/C18H18N6O3S/c19-6-14-21-12-8-23(4-3-13(12)28-14)17(26)9-5-11-15(20-7-9)24(10-1-2-10)18(27)22-16(11)25/h5,7,10H,1-4,6,8,19H2,(H,22,25,27). The first-order valence-corrected chi connectivity index (χ1v) is 9.98. The Labute approximate surface area is 162 Å². The van der Waals surface area contributed by atoms with E-state index in [1.807, 2.05) is 0 Å². The van der Waals surface area contributed by atoms with Gasteiger partial charge in [-0.15, -0.1) is 11.3 Å². The minimum atomic E-state index is -0.521. The molecule has 0 saturated heterocycles. The number of hydrogen-bond donors (Lipinski definition) is 2. The fourth-order valence-electron chi connectivity index (χ4n) is 3.62. The Balaban J connectivity index is 1.50. The number of carbonyl (C=O) groups is 1. The van der Waals surface area contributed by atoms with Crippen LogP contribution < -0.4 is 17.0 Å². The van der Waals surface area contributed by atoms with Crippen LogP contribution in [-0.4, -0.2) is 36.9 Å². The number of rotatable bonds is 3. The largest absolute Gasteiger partial charge is 0.332 e. The van der Waals surface area contributed by atoms with Crippen molar-refractivity contribution in [3.8, 4) is 0 Å². The van der Waals surface area contributed by atoms with Crippen LogP contribution in [0.5, 0.6) is 0 Å². The van der Waals surface area contributed by atoms with E-state index in [0.717, 1.165) is 30.0 Å². The number of carbonyl (C=O) groups excluding carboxylic acids is 1. The predicted molar refractivity (Wildman–Crippen MR) is 103 cm³/mol. The highest BCUT2D eigenvalue weighted by molar-refractivity contribution is 7.11. The first-order chi connectivity index (χ1) is 13.5. The second-order valence-electron chi connectivity index (χ2n) is 7.11. The van der Waals surface area contributed by atoms with Gasteiger partial charge in [-0.1, -0.05) is 0 Å². The molecule has 144 valence electrons. The second kappa shape index (κ2) is 6.35. The monoisotopic (exact) mass is 398 g/mol. The summed E-state index contributed by atoms with van der Waals surface area (Å²) in [6.07, 6.45) is 3.96. The van der Waals surface area contributed by atoms with Crippen molar-refractivity contribution in [2.75, 3.05) is 6.54 Å². The summed E-state index contributed by atoms with van der Waals surface area (Å²) in [7, 11) is 0. The molecule has 1 aliphatic carbocycles. The lowest BCUT2D eigenvalue weighted by atomic mass is 10.1. The van der Waals surface area contributed by atoms with Crippen molar-refractivity contribution in [2.24, 2.45) is 5.73 Å². The van der Waals surface area contributed by atoms with Gasteiger partial charge in [0.2, 0.25) is 0 Å². The number of nitrogens with two attached hydrogens (primary N) is 1. The highest BCUT2D eigenvalue weighted by Gasteiger charge is 2.29. The maximum atomic E-state index is 13.0. The summed E-state index contributed by atoms with van der Waals surface area (Å²) in [5, 5.41) is 1.13. The third-order valence-electron chi connectivity index (χ3n) is 5.17. The topological polar surface area (TPSA) is 127 Å². The lowest BCUT2D eigenvalue weighted by Crippen LogP contribution is -2.36. The van der Waals surface area contributed by atoms with E-state index in [2.05, 4.69) is 15.0 Å². The number of fused-ring (bicyclic) bond motifs is 2. The number of hydrogen-bond acceptors (Lipinski definition) is 7. The lowest BCUT2D eigenvalue weighted by molar-refractivity contribution is 0.0733. The van der Waals surface area contributed by atoms with Crippen molar-refractivity contribution in [1.29, 1.82) is 0 Å². The molecule has 0 aromatic carbocycles. The molecular formula is C18H18N6O3S. The molecule has 28 heavy (non-hydrogen) atoms. The van der Waals surface area contributed by atoms with E-state index in [1.54, 1.807) is 16.2 Å². The molecule has 1 fully saturated rings. The number of thiazole rings is 1. The molecule has 0 spiro atoms. The van der Waals surface area contributed by atoms with E-state index in [0.29, 0.717) is 30.8 Å². The number of pyridine rings is 1. The highest BCUT2D eigenvalue weighted by atomic mass is 32.1. The van der Waals surface area contributed by atoms with Crippen molar-refractivity contribution in [1.82, 2.24) is 24.4 Å². The van der Waals surface area contributed by atoms with Crippen molar-refractivity contribution < 1.29 is 4.79 Å². The SMILES string of the molecule is NCc1nc2c(s1)CCN(C(=O)c1cnc3c(c1)c(=O)[nH]c(=O)n3C1CC1)C2. The van der Waals surface area contributed by atoms with Gasteiger partial charge in [0, 0.05) is 36.6 Å². The summed E-state index contributed by atoms with van der Waals surface area (Å²) in [6, 6.07) is 1.60. The van der Waals surface area contributed by atoms with Gasteiger partial charge in [0.05, 0.1) is 23.2 Å². The Morgan fingerprint density at radius 2 is 2.18 bits per heavy atom. The van der Waals surface area contributed by atoms with Gasteiger partial charge in [-0.05, 0) is 18.9 Å². The molecule has 0 radical (unpaired) electrons. The Hall–Kier alpha value is -2.85. The molecule has 3 aromatic heterocycles. The number of nitrogens with zero attached hydrogens (tertiary/aromatic N) is 4. The molecule has 3 aromatic rings. The molecule has 1 aliphatic heterocycles. The van der Waals surface area contributed by atoms with E-state index in [4.69, 9.17) is 5.73 Å². The van der Waals surface area contributed by atoms with Crippen molar-refractivity contribution >= 4 is 28.3 Å². The van der Waals surface area contributed by atoms with Gasteiger partial charge in [0.1, 0.15) is 10.7 Å². The van der Waals surface area contributed by atoms with E-state index in [9.17, 15) is 14.4 Å². The normalized spacial score (nSPS) is 16.4. The highest BCUT2D eigenvalue weighted by Crippen LogP contribution is 2.34. The van der Waals surface area contributed by atoms with Crippen LogP contribution in [0.4, 0.5) is 0 Å². The van der Waals surface area contributed by atoms with Crippen molar-refractivity contribution in [2.45, 2.75) is 38.4 Å². The van der Waals surface area contributed by atoms with Crippen LogP contribution in [-0.2, 0) is 19.5 Å². The quantitative estimate of drug-likeness (QED) is 0.663. The molecule has 3 N–H and O–H groups in total. The molecule has 9 nitrogen and oxygen atoms in total. The van der Waals surface area contributed by atoms with Crippen molar-refractivity contribution in [3.63, 3.8) is 0 Å². The first-order valence-electron chi connectivity index (χ1n) is 9.16. The van der Waals surface area contributed by atoms with E-state index in [1.165, 1.54) is 21.7 Å². The zero-order valence-electron chi connectivity index (χ0n) is 15.0. The molecule has 1 amide bonds. The number of aromatic nitrogens is 4. The van der Waals surface area contributed by atoms with E-state index < -0.39 is 11.2 Å². The van der Waals surface area contributed by atoms with Gasteiger partial charge in [0.25, 0.3) is 11.5 Å². The molecule has 0 bridgehead atoms. The molecular weight excluding hydrogens is 380 g/mol. The minimum Gasteiger partial charge on any atom is -0.332 e. The summed E-state index contributed by atoms with van der Waals surface area (Å²) >= 11 is 1.60. The maximum absolute atomic E-state index is 13.0. The summed E-state index contributed by atoms with van der Waals surface area (Å²) in [4.78, 5) is 51.4. The zero-order chi connectivity index (χ0) is 19.4. The Kier molecular flexibility index (Phi) is 3.91. The third-order valence-corrected chi connectivity index (χ3v) is 6.35. The van der Waals surface area contributed by atoms with E-state index >= 15 is 0 Å². The fraction of sp³-hybridized carbons (Fsp3) is 0.389. The second-order valence-corrected chi connectivity index (χ2v) is 8.28. The van der Waals surface area contributed by atoms with Crippen molar-refractivity contribution in [3.05, 3.63) is 54.2 Å². The van der Waals surface area contributed by atoms with E-state index in [-0.39, 0.29) is 17.3 Å². The lowest BCUT2D eigenvalue weighted by Gasteiger charge is -2.26. The molecule has 5 rings (SSSR count). The van der Waals surface area contributed by atoms with Gasteiger partial charge < -0.3 is 10.6 Å². The summed E-state index contributed by atoms with van der Waals surface area (Å²) in [5.41, 5.74) is 6.25. The average molecular weight is 398 g/mol. The van der Waals surface area contributed by atoms with Crippen LogP contribution in [0.25, 0.3) is 11.0 Å². The van der Waals surface area contributed by atoms with Crippen LogP contribution in [0.3, 0.4) is 0 Å². The van der Waals surface area contributed by atoms with Crippen LogP contribution in [0, 0.1) is 0 Å². The van der Waals surface area contributed by atoms with Gasteiger partial charge in [-0.2, -0.15) is 0 Å². The smallest absolute Gasteiger partial charge is 0.330 e. The Morgan fingerprint density at radius 3 is 2.93 bits per heavy atom. The average Bonchev–Trinajstić information content (AvgIpc) is 3.44. The van der Waals surface area contributed by atoms with Crippen LogP contribution in [0.15, 0.2) is 21.9 Å². The molecule has 0 atom stereocenters. The zero-order valence-corrected chi connectivity index (χ0v) is 15.8. The molecule has 2 aliphatic rings. The van der Waals surface area contributed by atoms with Gasteiger partial charge >= 0.3 is 5.69 Å². The third kappa shape index (κ3) is 2.76. The molecule has 1 saturated carbocycles. The summed E-state index contributed by atoms with van der Waals surface area (Å²) in [5.74, 6) is -0.203. The number of aromatic amines is 1. The molecule has 0 unspecified atom stereocenters. The predicted octanol–water partition coefficient (Wildman–Crippen LogP) is 0.533. The minimum absolute atomic E-state index is 0.0721. The Bertz CT molecular complexity index is 1220. The summed E-state index contributed by atoms with van der Waals surface area (Å²) < 4.78 is 1.52. The maximum Gasteiger partial charge on any atom is 0.330 e. The van der Waals surface area contributed by atoms with Gasteiger partial charge in [-0.25, -0.2) is 14.8 Å². The molecule has 10 heteroatoms. The fourth-order valence-corrected chi connectivity index (χ4v) is 4.57. The van der Waals surface area contributed by atoms with Crippen LogP contribution in [0.1, 0.15) is 44.8 Å². The number of nitrogens with one attached hydrogen (secondary N) is 1. The van der Waals surface area contributed by atoms with Crippen LogP contribution in [0.2, 0.25) is 0 Å². The van der Waals surface area contributed by atoms with Crippen LogP contribution >= 0.6 is 11.3 Å².